The summed E-state index contributed by atoms with van der Waals surface area (Å²) in [5.41, 5.74) is 7.61. The molecule has 2 aliphatic heterocycles. The van der Waals surface area contributed by atoms with Crippen LogP contribution in [0.1, 0.15) is 32.6 Å². The second kappa shape index (κ2) is 8.37. The summed E-state index contributed by atoms with van der Waals surface area (Å²) in [5.74, 6) is 0.892. The number of nitrogens with zero attached hydrogens (tertiary/aromatic N) is 3. The molecule has 0 fully saturated rings. The number of rotatable bonds is 3. The SMILES string of the molecule is O=C(c1ccc2nc[nH]c2c1)N1CCOc2ccc(CN3CCc4ccccc4C3)cc2C1. The normalized spacial score (nSPS) is 16.1. The van der Waals surface area contributed by atoms with E-state index in [-0.39, 0.29) is 5.91 Å². The zero-order valence-corrected chi connectivity index (χ0v) is 18.5. The number of carbonyl (C=O) groups is 1. The van der Waals surface area contributed by atoms with Crippen LogP contribution >= 0.6 is 0 Å². The van der Waals surface area contributed by atoms with Crippen LogP contribution in [0.15, 0.2) is 67.0 Å². The zero-order valence-electron chi connectivity index (χ0n) is 18.5. The van der Waals surface area contributed by atoms with Gasteiger partial charge < -0.3 is 14.6 Å². The highest BCUT2D eigenvalue weighted by Gasteiger charge is 2.23. The molecule has 2 aliphatic rings. The molecule has 0 unspecified atom stereocenters. The van der Waals surface area contributed by atoms with E-state index >= 15 is 0 Å². The zero-order chi connectivity index (χ0) is 22.2. The van der Waals surface area contributed by atoms with E-state index in [0.717, 1.165) is 48.4 Å². The van der Waals surface area contributed by atoms with Gasteiger partial charge in [-0.3, -0.25) is 9.69 Å². The Kier molecular flexibility index (Phi) is 5.07. The molecular weight excluding hydrogens is 412 g/mol. The number of benzene rings is 3. The van der Waals surface area contributed by atoms with Crippen LogP contribution in [0.5, 0.6) is 5.75 Å². The summed E-state index contributed by atoms with van der Waals surface area (Å²) in [6.45, 7) is 4.54. The number of fused-ring (bicyclic) bond motifs is 3. The highest BCUT2D eigenvalue weighted by Crippen LogP contribution is 2.27. The number of hydrogen-bond acceptors (Lipinski definition) is 4. The second-order valence-corrected chi connectivity index (χ2v) is 8.88. The summed E-state index contributed by atoms with van der Waals surface area (Å²) in [4.78, 5) is 25.0. The Balaban J connectivity index is 1.20. The van der Waals surface area contributed by atoms with Crippen LogP contribution in [-0.4, -0.2) is 45.4 Å². The molecule has 0 saturated carbocycles. The van der Waals surface area contributed by atoms with Gasteiger partial charge in [-0.15, -0.1) is 0 Å². The van der Waals surface area contributed by atoms with Crippen LogP contribution in [0.3, 0.4) is 0 Å². The molecule has 3 heterocycles. The Morgan fingerprint density at radius 1 is 0.970 bits per heavy atom. The Morgan fingerprint density at radius 2 is 1.88 bits per heavy atom. The first-order chi connectivity index (χ1) is 16.2. The molecular formula is C27H26N4O2. The summed E-state index contributed by atoms with van der Waals surface area (Å²) < 4.78 is 5.99. The standard InChI is InChI=1S/C27H26N4O2/c32-27(21-6-7-24-25(14-21)29-18-28-24)31-11-12-33-26-8-5-19(13-23(26)17-31)15-30-10-9-20-3-1-2-4-22(20)16-30/h1-8,13-14,18H,9-12,15-17H2,(H,28,29). The van der Waals surface area contributed by atoms with Gasteiger partial charge in [0.25, 0.3) is 5.91 Å². The molecule has 166 valence electrons. The van der Waals surface area contributed by atoms with Crippen LogP contribution in [0.2, 0.25) is 0 Å². The van der Waals surface area contributed by atoms with Gasteiger partial charge in [0.2, 0.25) is 0 Å². The van der Waals surface area contributed by atoms with Crippen molar-refractivity contribution in [1.82, 2.24) is 19.8 Å². The molecule has 0 bridgehead atoms. The largest absolute Gasteiger partial charge is 0.491 e. The van der Waals surface area contributed by atoms with E-state index in [2.05, 4.69) is 57.3 Å². The molecule has 0 radical (unpaired) electrons. The Hall–Kier alpha value is -3.64. The molecule has 0 spiro atoms. The molecule has 1 amide bonds. The van der Waals surface area contributed by atoms with Crippen molar-refractivity contribution in [3.8, 4) is 5.75 Å². The molecule has 4 aromatic rings. The molecule has 1 N–H and O–H groups in total. The number of ether oxygens (including phenoxy) is 1. The van der Waals surface area contributed by atoms with E-state index in [0.29, 0.717) is 25.3 Å². The highest BCUT2D eigenvalue weighted by atomic mass is 16.5. The van der Waals surface area contributed by atoms with Gasteiger partial charge in [-0.2, -0.15) is 0 Å². The van der Waals surface area contributed by atoms with Gasteiger partial charge in [-0.1, -0.05) is 30.3 Å². The van der Waals surface area contributed by atoms with Crippen molar-refractivity contribution in [2.45, 2.75) is 26.1 Å². The van der Waals surface area contributed by atoms with Crippen molar-refractivity contribution in [1.29, 1.82) is 0 Å². The maximum atomic E-state index is 13.3. The Bertz CT molecular complexity index is 1330. The molecule has 3 aromatic carbocycles. The third kappa shape index (κ3) is 3.98. The number of nitrogens with one attached hydrogen (secondary N) is 1. The van der Waals surface area contributed by atoms with E-state index < -0.39 is 0 Å². The van der Waals surface area contributed by atoms with Gasteiger partial charge in [-0.25, -0.2) is 4.98 Å². The van der Waals surface area contributed by atoms with Crippen LogP contribution in [0.25, 0.3) is 11.0 Å². The minimum absolute atomic E-state index is 0.0148. The number of aromatic amines is 1. The van der Waals surface area contributed by atoms with E-state index in [1.54, 1.807) is 6.33 Å². The van der Waals surface area contributed by atoms with E-state index in [1.807, 2.05) is 23.1 Å². The van der Waals surface area contributed by atoms with Crippen molar-refractivity contribution >= 4 is 16.9 Å². The van der Waals surface area contributed by atoms with Gasteiger partial charge in [0.05, 0.1) is 23.9 Å². The first kappa shape index (κ1) is 20.0. The van der Waals surface area contributed by atoms with Gasteiger partial charge in [0, 0.05) is 37.3 Å². The molecule has 6 rings (SSSR count). The van der Waals surface area contributed by atoms with Gasteiger partial charge in [0.1, 0.15) is 12.4 Å². The summed E-state index contributed by atoms with van der Waals surface area (Å²) in [5, 5.41) is 0. The molecule has 1 aromatic heterocycles. The minimum Gasteiger partial charge on any atom is -0.491 e. The Morgan fingerprint density at radius 3 is 2.82 bits per heavy atom. The van der Waals surface area contributed by atoms with E-state index in [4.69, 9.17) is 4.74 Å². The van der Waals surface area contributed by atoms with Crippen LogP contribution < -0.4 is 4.74 Å². The van der Waals surface area contributed by atoms with E-state index in [1.165, 1.54) is 16.7 Å². The van der Waals surface area contributed by atoms with Gasteiger partial charge >= 0.3 is 0 Å². The average Bonchev–Trinajstić information content (AvgIpc) is 3.22. The monoisotopic (exact) mass is 438 g/mol. The van der Waals surface area contributed by atoms with Crippen LogP contribution in [-0.2, 0) is 26.1 Å². The predicted molar refractivity (Wildman–Crippen MR) is 127 cm³/mol. The lowest BCUT2D eigenvalue weighted by atomic mass is 9.99. The van der Waals surface area contributed by atoms with Crippen molar-refractivity contribution in [2.24, 2.45) is 0 Å². The molecule has 0 aliphatic carbocycles. The molecule has 6 nitrogen and oxygen atoms in total. The number of carbonyl (C=O) groups excluding carboxylic acids is 1. The summed E-state index contributed by atoms with van der Waals surface area (Å²) in [6, 6.07) is 20.8. The summed E-state index contributed by atoms with van der Waals surface area (Å²) in [7, 11) is 0. The van der Waals surface area contributed by atoms with Crippen molar-refractivity contribution in [2.75, 3.05) is 19.7 Å². The average molecular weight is 439 g/mol. The lowest BCUT2D eigenvalue weighted by molar-refractivity contribution is 0.0733. The number of H-pyrrole nitrogens is 1. The third-order valence-corrected chi connectivity index (χ3v) is 6.68. The smallest absolute Gasteiger partial charge is 0.254 e. The van der Waals surface area contributed by atoms with E-state index in [9.17, 15) is 4.79 Å². The number of amides is 1. The second-order valence-electron chi connectivity index (χ2n) is 8.88. The predicted octanol–water partition coefficient (Wildman–Crippen LogP) is 4.16. The van der Waals surface area contributed by atoms with Crippen molar-refractivity contribution in [3.05, 3.63) is 94.8 Å². The fraction of sp³-hybridized carbons (Fsp3) is 0.259. The minimum atomic E-state index is 0.0148. The molecule has 33 heavy (non-hydrogen) atoms. The summed E-state index contributed by atoms with van der Waals surface area (Å²) >= 11 is 0. The highest BCUT2D eigenvalue weighted by molar-refractivity contribution is 5.97. The van der Waals surface area contributed by atoms with Crippen molar-refractivity contribution < 1.29 is 9.53 Å². The Labute approximate surface area is 192 Å². The maximum Gasteiger partial charge on any atom is 0.254 e. The molecule has 6 heteroatoms. The summed E-state index contributed by atoms with van der Waals surface area (Å²) in [6.07, 6.45) is 2.74. The number of imidazole rings is 1. The molecule has 0 atom stereocenters. The van der Waals surface area contributed by atoms with Crippen LogP contribution in [0.4, 0.5) is 0 Å². The fourth-order valence-electron chi connectivity index (χ4n) is 4.92. The third-order valence-electron chi connectivity index (χ3n) is 6.68. The van der Waals surface area contributed by atoms with Gasteiger partial charge in [-0.05, 0) is 53.4 Å². The first-order valence-electron chi connectivity index (χ1n) is 11.5. The topological polar surface area (TPSA) is 61.5 Å². The van der Waals surface area contributed by atoms with Gasteiger partial charge in [0.15, 0.2) is 0 Å². The van der Waals surface area contributed by atoms with Crippen LogP contribution in [0, 0.1) is 0 Å². The quantitative estimate of drug-likeness (QED) is 0.522. The fourth-order valence-corrected chi connectivity index (χ4v) is 4.92. The lowest BCUT2D eigenvalue weighted by Gasteiger charge is -2.29. The molecule has 0 saturated heterocycles. The number of hydrogen-bond donors (Lipinski definition) is 1. The number of aromatic nitrogens is 2. The maximum absolute atomic E-state index is 13.3. The first-order valence-corrected chi connectivity index (χ1v) is 11.5. The van der Waals surface area contributed by atoms with Crippen molar-refractivity contribution in [3.63, 3.8) is 0 Å². The lowest BCUT2D eigenvalue weighted by Crippen LogP contribution is -2.32.